The lowest BCUT2D eigenvalue weighted by atomic mass is 10.1. The van der Waals surface area contributed by atoms with Crippen LogP contribution in [0.4, 0.5) is 0 Å². The Kier molecular flexibility index (Phi) is 3.99. The molecule has 0 unspecified atom stereocenters. The van der Waals surface area contributed by atoms with Crippen LogP contribution < -0.4 is 5.32 Å². The van der Waals surface area contributed by atoms with Gasteiger partial charge in [-0.05, 0) is 37.9 Å². The second-order valence-corrected chi connectivity index (χ2v) is 7.89. The van der Waals surface area contributed by atoms with Crippen molar-refractivity contribution in [2.24, 2.45) is 5.92 Å². The summed E-state index contributed by atoms with van der Waals surface area (Å²) in [5.41, 5.74) is 2.17. The number of rotatable bonds is 5. The number of nitrogens with zero attached hydrogens (tertiary/aromatic N) is 2. The van der Waals surface area contributed by atoms with Gasteiger partial charge in [-0.1, -0.05) is 12.1 Å². The summed E-state index contributed by atoms with van der Waals surface area (Å²) in [5.74, 6) is 1.92. The third-order valence-corrected chi connectivity index (χ3v) is 5.93. The van der Waals surface area contributed by atoms with E-state index in [1.54, 1.807) is 0 Å². The van der Waals surface area contributed by atoms with E-state index in [2.05, 4.69) is 27.9 Å². The van der Waals surface area contributed by atoms with Gasteiger partial charge in [-0.25, -0.2) is 13.4 Å². The monoisotopic (exact) mass is 307 g/mol. The molecule has 0 saturated carbocycles. The Morgan fingerprint density at radius 3 is 2.90 bits per heavy atom. The molecule has 21 heavy (non-hydrogen) atoms. The van der Waals surface area contributed by atoms with Crippen molar-refractivity contribution >= 4 is 20.9 Å². The molecule has 1 aromatic carbocycles. The van der Waals surface area contributed by atoms with Crippen LogP contribution in [0, 0.1) is 5.92 Å². The summed E-state index contributed by atoms with van der Waals surface area (Å²) >= 11 is 0. The average Bonchev–Trinajstić information content (AvgIpc) is 2.98. The fourth-order valence-corrected chi connectivity index (χ4v) is 4.90. The van der Waals surface area contributed by atoms with Crippen molar-refractivity contribution in [3.8, 4) is 0 Å². The quantitative estimate of drug-likeness (QED) is 0.911. The normalized spacial score (nSPS) is 21.1. The Bertz CT molecular complexity index is 736. The molecule has 1 aliphatic heterocycles. The van der Waals surface area contributed by atoms with E-state index in [0.29, 0.717) is 18.1 Å². The minimum absolute atomic E-state index is 0.245. The van der Waals surface area contributed by atoms with E-state index >= 15 is 0 Å². The van der Waals surface area contributed by atoms with Crippen LogP contribution in [0.15, 0.2) is 24.3 Å². The number of imidazole rings is 1. The number of hydrogen-bond acceptors (Lipinski definition) is 4. The van der Waals surface area contributed by atoms with Gasteiger partial charge in [-0.2, -0.15) is 0 Å². The first-order chi connectivity index (χ1) is 10.1. The third-order valence-electron chi connectivity index (χ3n) is 4.09. The van der Waals surface area contributed by atoms with Crippen LogP contribution in [0.1, 0.15) is 19.2 Å². The standard InChI is InChI=1S/C15H21N3O2S/c1-2-18-14-6-4-3-5-13(14)17-15(18)10-16-9-12-7-8-21(19,20)11-12/h3-6,12,16H,2,7-11H2,1H3/t12-/m0/s1. The van der Waals surface area contributed by atoms with Crippen molar-refractivity contribution in [2.75, 3.05) is 18.1 Å². The number of sulfone groups is 1. The molecule has 1 aliphatic rings. The van der Waals surface area contributed by atoms with E-state index in [-0.39, 0.29) is 5.92 Å². The van der Waals surface area contributed by atoms with Crippen LogP contribution in [0.5, 0.6) is 0 Å². The van der Waals surface area contributed by atoms with Gasteiger partial charge in [0.05, 0.1) is 29.1 Å². The van der Waals surface area contributed by atoms with E-state index in [4.69, 9.17) is 0 Å². The van der Waals surface area contributed by atoms with E-state index < -0.39 is 9.84 Å². The van der Waals surface area contributed by atoms with Crippen LogP contribution in [0.2, 0.25) is 0 Å². The minimum atomic E-state index is -2.78. The first-order valence-electron chi connectivity index (χ1n) is 7.44. The zero-order valence-electron chi connectivity index (χ0n) is 12.2. The summed E-state index contributed by atoms with van der Waals surface area (Å²) in [4.78, 5) is 4.66. The molecule has 1 N–H and O–H groups in total. The molecule has 5 nitrogen and oxygen atoms in total. The number of benzene rings is 1. The van der Waals surface area contributed by atoms with Gasteiger partial charge in [0.25, 0.3) is 0 Å². The zero-order valence-corrected chi connectivity index (χ0v) is 13.1. The molecular weight excluding hydrogens is 286 g/mol. The zero-order chi connectivity index (χ0) is 14.9. The van der Waals surface area contributed by atoms with Crippen LogP contribution >= 0.6 is 0 Å². The molecule has 2 heterocycles. The molecule has 0 radical (unpaired) electrons. The minimum Gasteiger partial charge on any atom is -0.327 e. The molecule has 1 atom stereocenters. The van der Waals surface area contributed by atoms with Gasteiger partial charge >= 0.3 is 0 Å². The SMILES string of the molecule is CCn1c(CNC[C@@H]2CCS(=O)(=O)C2)nc2ccccc21. The second kappa shape index (κ2) is 5.77. The molecule has 0 spiro atoms. The lowest BCUT2D eigenvalue weighted by Gasteiger charge is -2.10. The van der Waals surface area contributed by atoms with Crippen molar-refractivity contribution in [3.05, 3.63) is 30.1 Å². The van der Waals surface area contributed by atoms with E-state index in [1.807, 2.05) is 18.2 Å². The molecule has 3 rings (SSSR count). The van der Waals surface area contributed by atoms with Crippen molar-refractivity contribution in [3.63, 3.8) is 0 Å². The maximum absolute atomic E-state index is 11.4. The van der Waals surface area contributed by atoms with Gasteiger partial charge in [0.2, 0.25) is 0 Å². The second-order valence-electron chi connectivity index (χ2n) is 5.66. The highest BCUT2D eigenvalue weighted by molar-refractivity contribution is 7.91. The average molecular weight is 307 g/mol. The maximum Gasteiger partial charge on any atom is 0.150 e. The smallest absolute Gasteiger partial charge is 0.150 e. The highest BCUT2D eigenvalue weighted by atomic mass is 32.2. The first-order valence-corrected chi connectivity index (χ1v) is 9.26. The van der Waals surface area contributed by atoms with Gasteiger partial charge in [0.15, 0.2) is 9.84 Å². The molecule has 6 heteroatoms. The summed E-state index contributed by atoms with van der Waals surface area (Å²) in [6, 6.07) is 8.13. The number of fused-ring (bicyclic) bond motifs is 1. The molecule has 1 saturated heterocycles. The summed E-state index contributed by atoms with van der Waals surface area (Å²) < 4.78 is 25.1. The number of nitrogens with one attached hydrogen (secondary N) is 1. The predicted molar refractivity (Wildman–Crippen MR) is 83.9 cm³/mol. The summed E-state index contributed by atoms with van der Waals surface area (Å²) in [6.45, 7) is 4.42. The Morgan fingerprint density at radius 1 is 1.38 bits per heavy atom. The summed E-state index contributed by atoms with van der Waals surface area (Å²) in [6.07, 6.45) is 0.777. The number of aromatic nitrogens is 2. The summed E-state index contributed by atoms with van der Waals surface area (Å²) in [7, 11) is -2.78. The fraction of sp³-hybridized carbons (Fsp3) is 0.533. The molecule has 0 amide bonds. The molecule has 0 aliphatic carbocycles. The lowest BCUT2D eigenvalue weighted by molar-refractivity contribution is 0.507. The Morgan fingerprint density at radius 2 is 2.19 bits per heavy atom. The van der Waals surface area contributed by atoms with Crippen LogP contribution in [-0.4, -0.2) is 36.0 Å². The molecule has 1 fully saturated rings. The van der Waals surface area contributed by atoms with Crippen molar-refractivity contribution in [1.29, 1.82) is 0 Å². The lowest BCUT2D eigenvalue weighted by Crippen LogP contribution is -2.24. The number of aryl methyl sites for hydroxylation is 1. The Balaban J connectivity index is 1.65. The van der Waals surface area contributed by atoms with E-state index in [0.717, 1.165) is 36.4 Å². The topological polar surface area (TPSA) is 64.0 Å². The fourth-order valence-electron chi connectivity index (χ4n) is 3.03. The van der Waals surface area contributed by atoms with Crippen molar-refractivity contribution < 1.29 is 8.42 Å². The Labute approximate surface area is 125 Å². The van der Waals surface area contributed by atoms with Gasteiger partial charge < -0.3 is 9.88 Å². The maximum atomic E-state index is 11.4. The molecular formula is C15H21N3O2S. The summed E-state index contributed by atoms with van der Waals surface area (Å²) in [5, 5.41) is 3.37. The van der Waals surface area contributed by atoms with Crippen LogP contribution in [0.25, 0.3) is 11.0 Å². The largest absolute Gasteiger partial charge is 0.327 e. The van der Waals surface area contributed by atoms with Gasteiger partial charge in [-0.15, -0.1) is 0 Å². The highest BCUT2D eigenvalue weighted by Crippen LogP contribution is 2.18. The molecule has 1 aromatic heterocycles. The van der Waals surface area contributed by atoms with Crippen molar-refractivity contribution in [1.82, 2.24) is 14.9 Å². The Hall–Kier alpha value is -1.40. The first kappa shape index (κ1) is 14.5. The van der Waals surface area contributed by atoms with Crippen LogP contribution in [0.3, 0.4) is 0 Å². The van der Waals surface area contributed by atoms with Crippen LogP contribution in [-0.2, 0) is 22.9 Å². The molecule has 114 valence electrons. The van der Waals surface area contributed by atoms with Gasteiger partial charge in [0.1, 0.15) is 5.82 Å². The van der Waals surface area contributed by atoms with E-state index in [9.17, 15) is 8.42 Å². The van der Waals surface area contributed by atoms with Gasteiger partial charge in [-0.3, -0.25) is 0 Å². The van der Waals surface area contributed by atoms with Gasteiger partial charge in [0, 0.05) is 6.54 Å². The number of para-hydroxylation sites is 2. The predicted octanol–water partition coefficient (Wildman–Crippen LogP) is 1.58. The number of hydrogen-bond donors (Lipinski definition) is 1. The molecule has 0 bridgehead atoms. The third kappa shape index (κ3) is 3.11. The molecule has 2 aromatic rings. The van der Waals surface area contributed by atoms with Crippen molar-refractivity contribution in [2.45, 2.75) is 26.4 Å². The van der Waals surface area contributed by atoms with E-state index in [1.165, 1.54) is 0 Å². The highest BCUT2D eigenvalue weighted by Gasteiger charge is 2.27.